The predicted octanol–water partition coefficient (Wildman–Crippen LogP) is -1.48. The minimum atomic E-state index is -4.13. The van der Waals surface area contributed by atoms with Crippen molar-refractivity contribution in [2.24, 2.45) is 0 Å². The van der Waals surface area contributed by atoms with E-state index in [-0.39, 0.29) is 75.5 Å². The Kier molecular flexibility index (Phi) is 19.3. The zero-order chi connectivity index (χ0) is 19.2. The molecule has 0 unspecified atom stereocenters. The maximum absolute atomic E-state index is 10.6. The molecule has 0 aliphatic carbocycles. The van der Waals surface area contributed by atoms with Crippen molar-refractivity contribution in [2.75, 3.05) is 24.6 Å². The van der Waals surface area contributed by atoms with Crippen LogP contribution in [0, 0.1) is 0 Å². The molecule has 2 N–H and O–H groups in total. The summed E-state index contributed by atoms with van der Waals surface area (Å²) in [6.45, 7) is 3.88. The Morgan fingerprint density at radius 2 is 1.04 bits per heavy atom. The summed E-state index contributed by atoms with van der Waals surface area (Å²) in [5, 5.41) is 4.93. The molecule has 0 saturated carbocycles. The molecule has 0 spiro atoms. The van der Waals surface area contributed by atoms with E-state index < -0.39 is 31.7 Å². The minimum absolute atomic E-state index is 0. The molecule has 0 radical (unpaired) electrons. The van der Waals surface area contributed by atoms with E-state index in [0.29, 0.717) is 12.8 Å². The molecule has 0 aromatic rings. The topological polar surface area (TPSA) is 173 Å². The Balaban J connectivity index is -0.000000372. The van der Waals surface area contributed by atoms with Crippen LogP contribution in [0.3, 0.4) is 0 Å². The molecule has 0 aliphatic heterocycles. The van der Waals surface area contributed by atoms with Crippen molar-refractivity contribution < 1.29 is 35.5 Å². The average Bonchev–Trinajstić information content (AvgIpc) is 2.46. The third kappa shape index (κ3) is 29.1. The van der Waals surface area contributed by atoms with Crippen LogP contribution in [0.1, 0.15) is 39.5 Å². The predicted molar refractivity (Wildman–Crippen MR) is 90.7 cm³/mol. The van der Waals surface area contributed by atoms with E-state index in [1.165, 1.54) is 0 Å². The van der Waals surface area contributed by atoms with Gasteiger partial charge in [-0.1, -0.05) is 13.8 Å². The van der Waals surface area contributed by atoms with Crippen LogP contribution in [0.15, 0.2) is 0 Å². The molecule has 0 atom stereocenters. The number of nitrogens with one attached hydrogen (secondary N) is 2. The van der Waals surface area contributed by atoms with Crippen molar-refractivity contribution in [1.29, 1.82) is 0 Å². The summed E-state index contributed by atoms with van der Waals surface area (Å²) in [5.74, 6) is -1.12. The van der Waals surface area contributed by atoms with E-state index in [9.17, 15) is 35.5 Å². The third-order valence-electron chi connectivity index (χ3n) is 2.43. The van der Waals surface area contributed by atoms with Crippen molar-refractivity contribution in [3.05, 3.63) is 0 Å². The Bertz CT molecular complexity index is 526. The second kappa shape index (κ2) is 16.2. The van der Waals surface area contributed by atoms with Gasteiger partial charge in [-0.05, 0) is 12.8 Å². The largest absolute Gasteiger partial charge is 2.00 e. The summed E-state index contributed by atoms with van der Waals surface area (Å²) >= 11 is 0. The first-order valence-electron chi connectivity index (χ1n) is 7.31. The van der Waals surface area contributed by atoms with Crippen LogP contribution in [0.4, 0.5) is 0 Å². The van der Waals surface area contributed by atoms with E-state index >= 15 is 0 Å². The summed E-state index contributed by atoms with van der Waals surface area (Å²) in [5.41, 5.74) is 0. The van der Waals surface area contributed by atoms with Crippen LogP contribution in [0.25, 0.3) is 0 Å². The van der Waals surface area contributed by atoms with Gasteiger partial charge >= 0.3 is 37.7 Å². The van der Waals surface area contributed by atoms with E-state index in [1.54, 1.807) is 13.8 Å². The normalized spacial score (nSPS) is 10.7. The van der Waals surface area contributed by atoms with Crippen molar-refractivity contribution in [3.63, 3.8) is 0 Å². The number of carbonyl (C=O) groups excluding carboxylic acids is 2. The summed E-state index contributed by atoms with van der Waals surface area (Å²) in [6, 6.07) is 0. The summed E-state index contributed by atoms with van der Waals surface area (Å²) in [6.07, 6.45) is 1.09. The van der Waals surface area contributed by atoms with Gasteiger partial charge in [0.05, 0.1) is 20.2 Å². The zero-order valence-corrected chi connectivity index (χ0v) is 18.3. The fourth-order valence-corrected chi connectivity index (χ4v) is 2.20. The third-order valence-corrected chi connectivity index (χ3v) is 4.01. The van der Waals surface area contributed by atoms with Crippen LogP contribution in [-0.2, 0) is 29.8 Å². The van der Waals surface area contributed by atoms with Gasteiger partial charge in [0, 0.05) is 37.4 Å². The van der Waals surface area contributed by atoms with Crippen molar-refractivity contribution in [3.8, 4) is 0 Å². The van der Waals surface area contributed by atoms with Crippen LogP contribution in [0.5, 0.6) is 0 Å². The molecule has 13 heteroatoms. The molecule has 0 rings (SSSR count). The van der Waals surface area contributed by atoms with Gasteiger partial charge in [-0.3, -0.25) is 9.59 Å². The van der Waals surface area contributed by atoms with Gasteiger partial charge in [-0.25, -0.2) is 16.8 Å². The quantitative estimate of drug-likeness (QED) is 0.241. The van der Waals surface area contributed by atoms with Gasteiger partial charge in [0.1, 0.15) is 0 Å². The summed E-state index contributed by atoms with van der Waals surface area (Å²) < 4.78 is 60.5. The molecule has 0 aliphatic rings. The standard InChI is InChI=1S/2C6H13NO4S.Ca/c2*1-2-6(8)7-4-3-5-12(9,10)11;/h2*2-5H2,1H3,(H,7,8)(H,9,10,11);/q;;+2/p-2. The van der Waals surface area contributed by atoms with E-state index in [0.717, 1.165) is 0 Å². The Hall–Kier alpha value is 0.0197. The first-order valence-corrected chi connectivity index (χ1v) is 10.5. The van der Waals surface area contributed by atoms with Crippen LogP contribution in [-0.4, -0.2) is 100 Å². The number of rotatable bonds is 10. The number of carbonyl (C=O) groups is 2. The number of hydrogen-bond acceptors (Lipinski definition) is 8. The van der Waals surface area contributed by atoms with Crippen LogP contribution in [0.2, 0.25) is 0 Å². The SMILES string of the molecule is CCC(=O)NCCCS(=O)(=O)[O-].CCC(=O)NCCCS(=O)(=O)[O-].[Ca+2]. The Labute approximate surface area is 179 Å². The van der Waals surface area contributed by atoms with Gasteiger partial charge in [-0.2, -0.15) is 0 Å². The molecule has 0 fully saturated rings. The molecule has 144 valence electrons. The fraction of sp³-hybridized carbons (Fsp3) is 0.833. The smallest absolute Gasteiger partial charge is 0.748 e. The number of hydrogen-bond donors (Lipinski definition) is 2. The molecule has 0 saturated heterocycles. The van der Waals surface area contributed by atoms with Crippen LogP contribution < -0.4 is 10.6 Å². The molecule has 10 nitrogen and oxygen atoms in total. The first kappa shape index (κ1) is 29.8. The minimum Gasteiger partial charge on any atom is -0.748 e. The molecule has 0 bridgehead atoms. The van der Waals surface area contributed by atoms with E-state index in [4.69, 9.17) is 0 Å². The van der Waals surface area contributed by atoms with Gasteiger partial charge in [0.2, 0.25) is 11.8 Å². The Morgan fingerprint density at radius 3 is 1.24 bits per heavy atom. The molecular weight excluding hydrogens is 404 g/mol. The second-order valence-corrected chi connectivity index (χ2v) is 7.68. The summed E-state index contributed by atoms with van der Waals surface area (Å²) in [4.78, 5) is 21.2. The average molecular weight is 429 g/mol. The number of amides is 2. The maximum atomic E-state index is 10.6. The van der Waals surface area contributed by atoms with Crippen LogP contribution >= 0.6 is 0 Å². The fourth-order valence-electron chi connectivity index (χ4n) is 1.20. The van der Waals surface area contributed by atoms with Gasteiger partial charge in [-0.15, -0.1) is 0 Å². The van der Waals surface area contributed by atoms with Gasteiger partial charge in [0.25, 0.3) is 0 Å². The van der Waals surface area contributed by atoms with Crippen molar-refractivity contribution in [1.82, 2.24) is 10.6 Å². The second-order valence-electron chi connectivity index (χ2n) is 4.64. The van der Waals surface area contributed by atoms with Crippen molar-refractivity contribution >= 4 is 69.8 Å². The van der Waals surface area contributed by atoms with Crippen molar-refractivity contribution in [2.45, 2.75) is 39.5 Å². The molecule has 0 heterocycles. The van der Waals surface area contributed by atoms with Gasteiger partial charge in [0.15, 0.2) is 0 Å². The Morgan fingerprint density at radius 1 is 0.760 bits per heavy atom. The molecular formula is C12H24CaN2O8S2. The van der Waals surface area contributed by atoms with Gasteiger partial charge < -0.3 is 19.7 Å². The molecule has 2 amide bonds. The monoisotopic (exact) mass is 428 g/mol. The first-order chi connectivity index (χ1) is 10.9. The zero-order valence-electron chi connectivity index (χ0n) is 14.4. The van der Waals surface area contributed by atoms with E-state index in [1.807, 2.05) is 0 Å². The van der Waals surface area contributed by atoms with E-state index in [2.05, 4.69) is 10.6 Å². The summed E-state index contributed by atoms with van der Waals surface area (Å²) in [7, 11) is -8.26. The molecule has 0 aromatic carbocycles. The molecule has 25 heavy (non-hydrogen) atoms. The maximum Gasteiger partial charge on any atom is 2.00 e. The molecule has 0 aromatic heterocycles.